The molecule has 1 aliphatic rings. The predicted molar refractivity (Wildman–Crippen MR) is 104 cm³/mol. The van der Waals surface area contributed by atoms with Gasteiger partial charge in [-0.2, -0.15) is 5.10 Å². The molecule has 1 aromatic carbocycles. The number of pyridine rings is 1. The highest BCUT2D eigenvalue weighted by Crippen LogP contribution is 2.29. The van der Waals surface area contributed by atoms with Crippen LogP contribution in [-0.2, 0) is 4.79 Å². The zero-order chi connectivity index (χ0) is 19.0. The minimum absolute atomic E-state index is 0.0528. The standard InChI is InChI=1S/C18H17ClN6O2/c1-2-15(26)25-6-5-12(9-25)20-16-13-8-11(19)4-3-10(13)7-14(21-16)17-22-18(27)24-23-17/h2-4,7-8,12H,1,5-6,9H2,(H,20,21)(H2,22,23,24,27)/t12-/m0/s1. The molecule has 9 heteroatoms. The second kappa shape index (κ2) is 6.88. The molecule has 0 bridgehead atoms. The Morgan fingerprint density at radius 2 is 2.26 bits per heavy atom. The SMILES string of the molecule is C=CC(=O)N1CC[C@H](Nc2nc(-c3n[nH]c(=O)[nH]3)cc3ccc(Cl)cc23)C1. The molecule has 0 unspecified atom stereocenters. The second-order valence-electron chi connectivity index (χ2n) is 6.37. The molecule has 3 N–H and O–H groups in total. The van der Waals surface area contributed by atoms with Gasteiger partial charge in [-0.3, -0.25) is 9.78 Å². The van der Waals surface area contributed by atoms with Crippen molar-refractivity contribution in [2.45, 2.75) is 12.5 Å². The van der Waals surface area contributed by atoms with Gasteiger partial charge in [-0.1, -0.05) is 24.2 Å². The summed E-state index contributed by atoms with van der Waals surface area (Å²) in [5.41, 5.74) is 0.134. The van der Waals surface area contributed by atoms with E-state index in [1.165, 1.54) is 6.08 Å². The number of nitrogens with zero attached hydrogens (tertiary/aromatic N) is 3. The maximum Gasteiger partial charge on any atom is 0.340 e. The van der Waals surface area contributed by atoms with Crippen molar-refractivity contribution < 1.29 is 4.79 Å². The fourth-order valence-electron chi connectivity index (χ4n) is 3.24. The second-order valence-corrected chi connectivity index (χ2v) is 6.80. The van der Waals surface area contributed by atoms with Crippen molar-refractivity contribution in [2.75, 3.05) is 18.4 Å². The van der Waals surface area contributed by atoms with Gasteiger partial charge in [-0.05, 0) is 36.1 Å². The first-order chi connectivity index (χ1) is 13.0. The smallest absolute Gasteiger partial charge is 0.340 e. The van der Waals surface area contributed by atoms with E-state index < -0.39 is 5.69 Å². The maximum absolute atomic E-state index is 11.8. The molecule has 0 radical (unpaired) electrons. The number of benzene rings is 1. The number of hydrogen-bond acceptors (Lipinski definition) is 5. The van der Waals surface area contributed by atoms with Crippen molar-refractivity contribution in [3.8, 4) is 11.5 Å². The highest BCUT2D eigenvalue weighted by Gasteiger charge is 2.25. The Labute approximate surface area is 159 Å². The summed E-state index contributed by atoms with van der Waals surface area (Å²) in [6.07, 6.45) is 2.12. The normalized spacial score (nSPS) is 16.6. The van der Waals surface area contributed by atoms with Crippen molar-refractivity contribution in [2.24, 2.45) is 0 Å². The third kappa shape index (κ3) is 3.43. The zero-order valence-electron chi connectivity index (χ0n) is 14.3. The van der Waals surface area contributed by atoms with E-state index in [9.17, 15) is 9.59 Å². The molecule has 2 aromatic heterocycles. The number of nitrogens with one attached hydrogen (secondary N) is 3. The van der Waals surface area contributed by atoms with Crippen molar-refractivity contribution in [3.63, 3.8) is 0 Å². The zero-order valence-corrected chi connectivity index (χ0v) is 15.1. The number of H-pyrrole nitrogens is 2. The quantitative estimate of drug-likeness (QED) is 0.597. The van der Waals surface area contributed by atoms with Crippen LogP contribution in [0.5, 0.6) is 0 Å². The van der Waals surface area contributed by atoms with Crippen molar-refractivity contribution >= 4 is 34.1 Å². The van der Waals surface area contributed by atoms with Crippen LogP contribution in [0.4, 0.5) is 5.82 Å². The van der Waals surface area contributed by atoms with Gasteiger partial charge in [0.15, 0.2) is 5.82 Å². The van der Waals surface area contributed by atoms with Crippen molar-refractivity contribution in [1.29, 1.82) is 0 Å². The molecular weight excluding hydrogens is 368 g/mol. The highest BCUT2D eigenvalue weighted by atomic mass is 35.5. The number of aromatic nitrogens is 4. The molecule has 1 fully saturated rings. The van der Waals surface area contributed by atoms with E-state index in [4.69, 9.17) is 11.6 Å². The Bertz CT molecular complexity index is 1090. The molecule has 138 valence electrons. The van der Waals surface area contributed by atoms with Crippen LogP contribution in [0.2, 0.25) is 5.02 Å². The van der Waals surface area contributed by atoms with E-state index in [1.807, 2.05) is 18.2 Å². The van der Waals surface area contributed by atoms with Crippen LogP contribution < -0.4 is 11.0 Å². The monoisotopic (exact) mass is 384 g/mol. The molecule has 8 nitrogen and oxygen atoms in total. The van der Waals surface area contributed by atoms with E-state index in [-0.39, 0.29) is 11.9 Å². The molecule has 1 aliphatic heterocycles. The summed E-state index contributed by atoms with van der Waals surface area (Å²) in [5, 5.41) is 12.1. The predicted octanol–water partition coefficient (Wildman–Crippen LogP) is 2.17. The molecule has 3 aromatic rings. The van der Waals surface area contributed by atoms with Gasteiger partial charge in [0.05, 0.1) is 0 Å². The molecule has 27 heavy (non-hydrogen) atoms. The lowest BCUT2D eigenvalue weighted by molar-refractivity contribution is -0.125. The molecule has 1 saturated heterocycles. The number of halogens is 1. The van der Waals surface area contributed by atoms with E-state index in [2.05, 4.69) is 32.1 Å². The average molecular weight is 385 g/mol. The summed E-state index contributed by atoms with van der Waals surface area (Å²) in [6, 6.07) is 7.42. The molecule has 0 spiro atoms. The average Bonchev–Trinajstić information content (AvgIpc) is 3.30. The lowest BCUT2D eigenvalue weighted by Gasteiger charge is -2.17. The molecule has 0 saturated carbocycles. The van der Waals surface area contributed by atoms with Crippen molar-refractivity contribution in [3.05, 3.63) is 52.4 Å². The summed E-state index contributed by atoms with van der Waals surface area (Å²) in [6.45, 7) is 4.76. The van der Waals surface area contributed by atoms with Crippen LogP contribution in [-0.4, -0.2) is 50.1 Å². The minimum atomic E-state index is -0.396. The number of hydrogen-bond donors (Lipinski definition) is 3. The Balaban J connectivity index is 1.72. The number of carbonyl (C=O) groups is 1. The summed E-state index contributed by atoms with van der Waals surface area (Å²) in [4.78, 5) is 32.2. The summed E-state index contributed by atoms with van der Waals surface area (Å²) < 4.78 is 0. The lowest BCUT2D eigenvalue weighted by Crippen LogP contribution is -2.30. The fraction of sp³-hybridized carbons (Fsp3) is 0.222. The molecule has 4 rings (SSSR count). The number of rotatable bonds is 4. The van der Waals surface area contributed by atoms with Gasteiger partial charge in [-0.15, -0.1) is 0 Å². The van der Waals surface area contributed by atoms with Crippen molar-refractivity contribution in [1.82, 2.24) is 25.1 Å². The Kier molecular flexibility index (Phi) is 4.41. The van der Waals surface area contributed by atoms with Crippen LogP contribution in [0.3, 0.4) is 0 Å². The van der Waals surface area contributed by atoms with Gasteiger partial charge < -0.3 is 10.2 Å². The van der Waals surface area contributed by atoms with Crippen LogP contribution in [0.25, 0.3) is 22.3 Å². The van der Waals surface area contributed by atoms with Gasteiger partial charge in [0.1, 0.15) is 11.5 Å². The number of amides is 1. The minimum Gasteiger partial charge on any atom is -0.365 e. The maximum atomic E-state index is 11.8. The number of aromatic amines is 2. The van der Waals surface area contributed by atoms with Crippen LogP contribution in [0, 0.1) is 0 Å². The molecule has 1 atom stereocenters. The first-order valence-corrected chi connectivity index (χ1v) is 8.84. The first kappa shape index (κ1) is 17.3. The largest absolute Gasteiger partial charge is 0.365 e. The van der Waals surface area contributed by atoms with E-state index in [0.29, 0.717) is 35.4 Å². The van der Waals surface area contributed by atoms with Crippen LogP contribution in [0.15, 0.2) is 41.7 Å². The Hall–Kier alpha value is -3.13. The Morgan fingerprint density at radius 1 is 1.41 bits per heavy atom. The number of fused-ring (bicyclic) bond motifs is 1. The third-order valence-electron chi connectivity index (χ3n) is 4.55. The van der Waals surface area contributed by atoms with Gasteiger partial charge in [-0.25, -0.2) is 14.9 Å². The summed E-state index contributed by atoms with van der Waals surface area (Å²) in [7, 11) is 0. The lowest BCUT2D eigenvalue weighted by atomic mass is 10.1. The van der Waals surface area contributed by atoms with Gasteiger partial charge in [0, 0.05) is 29.5 Å². The molecule has 1 amide bonds. The summed E-state index contributed by atoms with van der Waals surface area (Å²) >= 11 is 6.17. The highest BCUT2D eigenvalue weighted by molar-refractivity contribution is 6.31. The number of likely N-dealkylation sites (tertiary alicyclic amines) is 1. The number of carbonyl (C=O) groups excluding carboxylic acids is 1. The summed E-state index contributed by atoms with van der Waals surface area (Å²) in [5.74, 6) is 0.907. The first-order valence-electron chi connectivity index (χ1n) is 8.47. The van der Waals surface area contributed by atoms with Gasteiger partial charge >= 0.3 is 5.69 Å². The third-order valence-corrected chi connectivity index (χ3v) is 4.79. The number of anilines is 1. The van der Waals surface area contributed by atoms with Crippen LogP contribution in [0.1, 0.15) is 6.42 Å². The Morgan fingerprint density at radius 3 is 3.00 bits per heavy atom. The van der Waals surface area contributed by atoms with Crippen LogP contribution >= 0.6 is 11.6 Å². The molecule has 3 heterocycles. The van der Waals surface area contributed by atoms with E-state index >= 15 is 0 Å². The van der Waals surface area contributed by atoms with Gasteiger partial charge in [0.2, 0.25) is 5.91 Å². The van der Waals surface area contributed by atoms with E-state index in [0.717, 1.165) is 17.2 Å². The molecule has 0 aliphatic carbocycles. The fourth-order valence-corrected chi connectivity index (χ4v) is 3.42. The van der Waals surface area contributed by atoms with E-state index in [1.54, 1.807) is 11.0 Å². The topological polar surface area (TPSA) is 107 Å². The van der Waals surface area contributed by atoms with Gasteiger partial charge in [0.25, 0.3) is 0 Å². The molecular formula is C18H17ClN6O2.